The highest BCUT2D eigenvalue weighted by molar-refractivity contribution is 14.2. The summed E-state index contributed by atoms with van der Waals surface area (Å²) < 4.78 is 11.7. The summed E-state index contributed by atoms with van der Waals surface area (Å²) in [6.45, 7) is 5.34. The van der Waals surface area contributed by atoms with Gasteiger partial charge in [-0.3, -0.25) is 4.79 Å². The van der Waals surface area contributed by atoms with E-state index >= 15 is 0 Å². The van der Waals surface area contributed by atoms with Crippen molar-refractivity contribution < 1.29 is 23.9 Å². The van der Waals surface area contributed by atoms with Crippen molar-refractivity contribution in [2.75, 3.05) is 0 Å². The first-order valence-corrected chi connectivity index (χ1v) is 13.0. The van der Waals surface area contributed by atoms with Gasteiger partial charge in [0, 0.05) is 29.3 Å². The van der Waals surface area contributed by atoms with E-state index in [-0.39, 0.29) is 8.92 Å². The molecule has 1 aromatic carbocycles. The molecule has 160 valence electrons. The Hall–Kier alpha value is -1.57. The number of benzene rings is 1. The fourth-order valence-corrected chi connectivity index (χ4v) is 8.38. The van der Waals surface area contributed by atoms with Crippen molar-refractivity contribution in [2.24, 2.45) is 17.3 Å². The van der Waals surface area contributed by atoms with E-state index in [9.17, 15) is 14.4 Å². The number of cyclic esters (lactones) is 2. The lowest BCUT2D eigenvalue weighted by molar-refractivity contribution is -0.214. The van der Waals surface area contributed by atoms with Crippen molar-refractivity contribution in [3.05, 3.63) is 32.9 Å². The Balaban J connectivity index is 1.42. The molecule has 2 saturated carbocycles. The fourth-order valence-electron chi connectivity index (χ4n) is 6.21. The summed E-state index contributed by atoms with van der Waals surface area (Å²) in [5.74, 6) is -0.147. The Morgan fingerprint density at radius 3 is 2.43 bits per heavy atom. The molecule has 1 aliphatic heterocycles. The van der Waals surface area contributed by atoms with Gasteiger partial charge in [-0.15, -0.1) is 0 Å². The number of hydrogen-bond donors (Lipinski definition) is 0. The van der Waals surface area contributed by atoms with Gasteiger partial charge in [0.1, 0.15) is 5.78 Å². The second-order valence-corrected chi connectivity index (χ2v) is 12.6. The number of ketones is 1. The Bertz CT molecular complexity index is 971. The number of hydrogen-bond acceptors (Lipinski definition) is 5. The minimum atomic E-state index is -1.19. The molecule has 0 radical (unpaired) electrons. The summed E-state index contributed by atoms with van der Waals surface area (Å²) in [6, 6.07) is 6.49. The van der Waals surface area contributed by atoms with Gasteiger partial charge in [-0.1, -0.05) is 33.7 Å². The maximum absolute atomic E-state index is 12.5. The highest BCUT2D eigenvalue weighted by Crippen LogP contribution is 2.59. The van der Waals surface area contributed by atoms with E-state index < -0.39 is 38.5 Å². The van der Waals surface area contributed by atoms with Crippen LogP contribution in [-0.2, 0) is 30.3 Å². The van der Waals surface area contributed by atoms with Crippen LogP contribution in [0.25, 0.3) is 0 Å². The monoisotopic (exact) mass is 522 g/mol. The highest BCUT2D eigenvalue weighted by Gasteiger charge is 2.54. The summed E-state index contributed by atoms with van der Waals surface area (Å²) in [6.07, 6.45) is 6.01. The zero-order valence-electron chi connectivity index (χ0n) is 17.6. The zero-order valence-corrected chi connectivity index (χ0v) is 19.8. The van der Waals surface area contributed by atoms with Gasteiger partial charge >= 0.3 is 11.9 Å². The van der Waals surface area contributed by atoms with Gasteiger partial charge in [0.2, 0.25) is 0 Å². The second kappa shape index (κ2) is 6.97. The van der Waals surface area contributed by atoms with E-state index in [1.165, 1.54) is 11.1 Å². The Kier molecular flexibility index (Phi) is 4.73. The third-order valence-corrected chi connectivity index (χ3v) is 10.4. The van der Waals surface area contributed by atoms with Crippen LogP contribution < -0.4 is 0 Å². The fraction of sp³-hybridized carbons (Fsp3) is 0.583. The number of aryl methyl sites for hydroxylation is 1. The number of halogens is 1. The van der Waals surface area contributed by atoms with E-state index in [1.54, 1.807) is 13.8 Å². The number of carbonyl (C=O) groups is 3. The molecule has 1 heterocycles. The first-order valence-electron chi connectivity index (χ1n) is 10.8. The summed E-state index contributed by atoms with van der Waals surface area (Å²) in [7, 11) is 0. The lowest BCUT2D eigenvalue weighted by Crippen LogP contribution is -2.46. The van der Waals surface area contributed by atoms with Gasteiger partial charge in [0.05, 0.1) is 0 Å². The van der Waals surface area contributed by atoms with Crippen molar-refractivity contribution >= 4 is 42.0 Å². The summed E-state index contributed by atoms with van der Waals surface area (Å²) in [5.41, 5.74) is 2.66. The zero-order chi connectivity index (χ0) is 21.3. The molecule has 0 N–H and O–H groups in total. The van der Waals surface area contributed by atoms with Crippen LogP contribution in [0, 0.1) is 20.8 Å². The summed E-state index contributed by atoms with van der Waals surface area (Å²) in [4.78, 5) is 37.1. The number of esters is 2. The van der Waals surface area contributed by atoms with Crippen molar-refractivity contribution in [1.29, 1.82) is 0 Å². The molecule has 3 fully saturated rings. The minimum Gasteiger partial charge on any atom is -0.419 e. The Morgan fingerprint density at radius 2 is 1.70 bits per heavy atom. The molecule has 3 aliphatic carbocycles. The Morgan fingerprint density at radius 1 is 0.967 bits per heavy atom. The van der Waals surface area contributed by atoms with Crippen LogP contribution in [0.15, 0.2) is 18.2 Å². The summed E-state index contributed by atoms with van der Waals surface area (Å²) in [5, 5.41) is 0. The van der Waals surface area contributed by atoms with Crippen LogP contribution >= 0.6 is 20.7 Å². The third kappa shape index (κ3) is 3.17. The number of ether oxygens (including phenoxy) is 2. The van der Waals surface area contributed by atoms with Crippen molar-refractivity contribution in [3.63, 3.8) is 0 Å². The first kappa shape index (κ1) is 20.3. The number of fused-ring (bicyclic) bond motifs is 5. The number of Topliss-reactive ketones (excluding diaryl/α,β-unsaturated/α-hetero) is 1. The molecule has 0 unspecified atom stereocenters. The van der Waals surface area contributed by atoms with Gasteiger partial charge in [0.25, 0.3) is 5.79 Å². The molecule has 0 spiro atoms. The van der Waals surface area contributed by atoms with Gasteiger partial charge in [-0.25, -0.2) is 9.59 Å². The Labute approximate surface area is 186 Å². The van der Waals surface area contributed by atoms with E-state index in [0.717, 1.165) is 42.1 Å². The SMILES string of the molecule is CC1(C)OC(=O)C(=Ic2ccc3c(c2)CC[C@@H]2[C@@H]3CC[C@]3(C)C(=O)CC[C@@H]23)C(=O)O1. The highest BCUT2D eigenvalue weighted by atomic mass is 127. The average Bonchev–Trinajstić information content (AvgIpc) is 2.98. The molecular weight excluding hydrogens is 495 g/mol. The van der Waals surface area contributed by atoms with E-state index in [0.29, 0.717) is 23.5 Å². The van der Waals surface area contributed by atoms with E-state index in [2.05, 4.69) is 25.1 Å². The van der Waals surface area contributed by atoms with Gasteiger partial charge in [0.15, 0.2) is 3.51 Å². The van der Waals surface area contributed by atoms with Crippen molar-refractivity contribution in [2.45, 2.75) is 71.0 Å². The standard InChI is InChI=1S/C24H27IO5/c1-23(2)29-21(27)20(22(28)30-23)25-14-5-7-15-13(12-14)4-6-17-16(15)10-11-24(3)18(17)8-9-19(24)26/h5,7,12,16-18H,4,6,8-11H2,1-3H3/t16-,17-,18+,24+/m1/s1. The van der Waals surface area contributed by atoms with E-state index in [4.69, 9.17) is 9.47 Å². The largest absolute Gasteiger partial charge is 0.419 e. The molecule has 0 amide bonds. The number of rotatable bonds is 1. The lowest BCUT2D eigenvalue weighted by atomic mass is 9.55. The van der Waals surface area contributed by atoms with Crippen LogP contribution in [0.3, 0.4) is 0 Å². The molecule has 4 aliphatic rings. The smallest absolute Gasteiger partial charge is 0.354 e. The van der Waals surface area contributed by atoms with Gasteiger partial charge in [-0.2, -0.15) is 0 Å². The molecule has 0 bridgehead atoms. The predicted molar refractivity (Wildman–Crippen MR) is 120 cm³/mol. The molecule has 4 atom stereocenters. The van der Waals surface area contributed by atoms with Crippen LogP contribution in [0.4, 0.5) is 0 Å². The normalized spacial score (nSPS) is 34.6. The molecule has 5 rings (SSSR count). The molecular formula is C24H27IO5. The van der Waals surface area contributed by atoms with Crippen molar-refractivity contribution in [1.82, 2.24) is 0 Å². The third-order valence-electron chi connectivity index (χ3n) is 7.64. The van der Waals surface area contributed by atoms with Crippen LogP contribution in [0.2, 0.25) is 0 Å². The molecule has 6 heteroatoms. The second-order valence-electron chi connectivity index (χ2n) is 9.76. The van der Waals surface area contributed by atoms with E-state index in [1.807, 2.05) is 0 Å². The average molecular weight is 522 g/mol. The van der Waals surface area contributed by atoms with Gasteiger partial charge in [-0.05, 0) is 73.1 Å². The van der Waals surface area contributed by atoms with Crippen LogP contribution in [-0.4, -0.2) is 27.0 Å². The molecule has 5 nitrogen and oxygen atoms in total. The van der Waals surface area contributed by atoms with Crippen LogP contribution in [0.5, 0.6) is 0 Å². The lowest BCUT2D eigenvalue weighted by Gasteiger charge is -2.48. The van der Waals surface area contributed by atoms with Crippen molar-refractivity contribution in [3.8, 4) is 0 Å². The topological polar surface area (TPSA) is 69.7 Å². The quantitative estimate of drug-likeness (QED) is 0.408. The molecule has 0 aromatic heterocycles. The summed E-state index contributed by atoms with van der Waals surface area (Å²) >= 11 is -0.955. The van der Waals surface area contributed by atoms with Crippen LogP contribution in [0.1, 0.15) is 69.9 Å². The molecule has 1 saturated heterocycles. The maximum atomic E-state index is 12.5. The number of carbonyl (C=O) groups excluding carboxylic acids is 3. The molecule has 1 aromatic rings. The first-order chi connectivity index (χ1) is 14.2. The maximum Gasteiger partial charge on any atom is 0.354 e. The predicted octanol–water partition coefficient (Wildman–Crippen LogP) is 4.26. The minimum absolute atomic E-state index is 0.101. The van der Waals surface area contributed by atoms with Gasteiger partial charge < -0.3 is 9.47 Å². The molecule has 30 heavy (non-hydrogen) atoms.